The summed E-state index contributed by atoms with van der Waals surface area (Å²) in [6.45, 7) is 2.16. The van der Waals surface area contributed by atoms with Crippen LogP contribution in [0.25, 0.3) is 50.3 Å². The molecule has 98 heavy (non-hydrogen) atoms. The van der Waals surface area contributed by atoms with E-state index in [0.717, 1.165) is 146 Å². The fraction of sp³-hybridized carbons (Fsp3) is 0.114. The van der Waals surface area contributed by atoms with E-state index in [0.29, 0.717) is 5.76 Å². The highest BCUT2D eigenvalue weighted by Gasteiger charge is 2.53. The van der Waals surface area contributed by atoms with Gasteiger partial charge in [-0.15, -0.1) is 0 Å². The molecule has 0 unspecified atom stereocenters. The Kier molecular flexibility index (Phi) is 17.6. The number of methoxy groups -OCH3 is 8. The number of hydrogen-bond acceptors (Lipinski definition) is 10. The van der Waals surface area contributed by atoms with Crippen LogP contribution in [0.5, 0.6) is 40.2 Å². The number of nitrogens with zero attached hydrogens (tertiary/aromatic N) is 2. The van der Waals surface area contributed by atoms with E-state index in [-0.39, 0.29) is 0 Å². The zero-order chi connectivity index (χ0) is 67.4. The van der Waals surface area contributed by atoms with Gasteiger partial charge in [0.1, 0.15) is 46.0 Å². The van der Waals surface area contributed by atoms with Crippen molar-refractivity contribution in [3.8, 4) is 62.5 Å². The van der Waals surface area contributed by atoms with Gasteiger partial charge in [-0.2, -0.15) is 0 Å². The largest absolute Gasteiger partial charge is 0.497 e. The fourth-order valence-electron chi connectivity index (χ4n) is 14.0. The number of benzene rings is 11. The van der Waals surface area contributed by atoms with Gasteiger partial charge >= 0.3 is 0 Å². The van der Waals surface area contributed by atoms with Crippen molar-refractivity contribution in [2.24, 2.45) is 0 Å². The molecule has 1 aliphatic heterocycles. The van der Waals surface area contributed by atoms with Crippen LogP contribution < -0.4 is 43.0 Å². The number of rotatable bonds is 19. The maximum absolute atomic E-state index is 6.75. The molecule has 0 aromatic heterocycles. The van der Waals surface area contributed by atoms with Gasteiger partial charge in [0, 0.05) is 64.0 Å². The Morgan fingerprint density at radius 1 is 0.347 bits per heavy atom. The van der Waals surface area contributed by atoms with E-state index in [9.17, 15) is 0 Å². The number of ether oxygens (including phenoxy) is 8. The molecule has 1 spiro atoms. The highest BCUT2D eigenvalue weighted by Crippen LogP contribution is 2.65. The van der Waals surface area contributed by atoms with Gasteiger partial charge in [-0.05, 0) is 211 Å². The first-order valence-corrected chi connectivity index (χ1v) is 32.5. The number of fused-ring (bicyclic) bond motifs is 13. The summed E-state index contributed by atoms with van der Waals surface area (Å²) < 4.78 is 47.0. The van der Waals surface area contributed by atoms with Crippen LogP contribution in [-0.2, 0) is 10.2 Å². The predicted molar refractivity (Wildman–Crippen MR) is 397 cm³/mol. The number of allylic oxidation sites excluding steroid dienone is 4. The quantitative estimate of drug-likeness (QED) is 0.0781. The third kappa shape index (κ3) is 11.7. The molecule has 0 radical (unpaired) electrons. The zero-order valence-corrected chi connectivity index (χ0v) is 56.3. The summed E-state index contributed by atoms with van der Waals surface area (Å²) in [5.41, 5.74) is 22.8. The van der Waals surface area contributed by atoms with Crippen molar-refractivity contribution >= 4 is 39.4 Å². The lowest BCUT2D eigenvalue weighted by atomic mass is 9.70. The average molecular weight is 1290 g/mol. The SMILES string of the molecule is CO/C1=C/C=C(C)/C(c2ccc(OC)cc2)=C\N(C=C(c2ccc(OC)cc2)c2ccc(OC)cc2)c2cc1c1c(c2)C2(c3ccccc3-c3ccccc32)c2cc(N(C=C(c3ccc(OC)cc3)c3ccc(OC)cc3)C=C(c3ccc(OC)cc3)c3ccc(OC)cc3)ccc2-1. The summed E-state index contributed by atoms with van der Waals surface area (Å²) in [6, 6.07) is 87.4. The van der Waals surface area contributed by atoms with E-state index in [4.69, 9.17) is 37.9 Å². The molecule has 484 valence electrons. The molecule has 1 heterocycles. The van der Waals surface area contributed by atoms with Gasteiger partial charge in [-0.1, -0.05) is 146 Å². The summed E-state index contributed by atoms with van der Waals surface area (Å²) in [6.07, 6.45) is 13.3. The van der Waals surface area contributed by atoms with Crippen LogP contribution in [0.15, 0.2) is 291 Å². The van der Waals surface area contributed by atoms with Crippen LogP contribution in [0.4, 0.5) is 11.4 Å². The van der Waals surface area contributed by atoms with E-state index < -0.39 is 5.41 Å². The molecule has 3 aliphatic rings. The maximum Gasteiger partial charge on any atom is 0.126 e. The second kappa shape index (κ2) is 27.3. The van der Waals surface area contributed by atoms with Crippen molar-refractivity contribution in [1.82, 2.24) is 0 Å². The lowest BCUT2D eigenvalue weighted by Gasteiger charge is -2.32. The first-order chi connectivity index (χ1) is 48.1. The van der Waals surface area contributed by atoms with Crippen LogP contribution in [0.3, 0.4) is 0 Å². The lowest BCUT2D eigenvalue weighted by molar-refractivity contribution is 0.370. The van der Waals surface area contributed by atoms with Crippen LogP contribution in [0.1, 0.15) is 73.7 Å². The van der Waals surface area contributed by atoms with Gasteiger partial charge in [0.05, 0.1) is 62.3 Å². The minimum atomic E-state index is -0.886. The molecule has 0 saturated carbocycles. The van der Waals surface area contributed by atoms with Gasteiger partial charge in [0.15, 0.2) is 0 Å². The van der Waals surface area contributed by atoms with Crippen LogP contribution >= 0.6 is 0 Å². The monoisotopic (exact) mass is 1290 g/mol. The first-order valence-electron chi connectivity index (χ1n) is 32.5. The van der Waals surface area contributed by atoms with Crippen molar-refractivity contribution in [2.75, 3.05) is 66.7 Å². The Balaban J connectivity index is 1.08. The number of anilines is 2. The average Bonchev–Trinajstić information content (AvgIpc) is 1.50. The Labute approximate surface area is 573 Å². The number of hydrogen-bond donors (Lipinski definition) is 0. The summed E-state index contributed by atoms with van der Waals surface area (Å²) in [5, 5.41) is 0. The summed E-state index contributed by atoms with van der Waals surface area (Å²) in [5.74, 6) is 6.02. The predicted octanol–water partition coefficient (Wildman–Crippen LogP) is 20.0. The standard InChI is InChI=1S/C88H74N2O8/c1-57-18-49-86(98-9)77-50-66(90(53-78(57)58-19-34-67(91-2)35-20-58)56-81(63-29-44-72(96-7)45-30-63)64-31-46-73(97-8)47-32-64)52-85-87(77)76-48-33-65(51-84(76)88(85)82-16-12-10-14-74(82)75-15-11-13-17-83(75)88)89(54-79(59-21-36-68(92-3)37-22-59)60-23-38-69(93-4)39-24-60)55-80(61-25-40-70(94-5)41-26-61)62-27-42-71(95-6)43-28-62/h10-56H,1-9H3/b57-18+,78-53+,86-49+. The molecule has 0 N–H and O–H groups in total. The third-order valence-electron chi connectivity index (χ3n) is 19.0. The molecule has 11 aromatic rings. The summed E-state index contributed by atoms with van der Waals surface area (Å²) in [7, 11) is 13.6. The van der Waals surface area contributed by atoms with Gasteiger partial charge in [-0.25, -0.2) is 0 Å². The van der Waals surface area contributed by atoms with Crippen molar-refractivity contribution in [2.45, 2.75) is 12.3 Å². The Hall–Kier alpha value is -12.1. The van der Waals surface area contributed by atoms with E-state index in [1.54, 1.807) is 56.9 Å². The van der Waals surface area contributed by atoms with E-state index in [2.05, 4.69) is 217 Å². The third-order valence-corrected chi connectivity index (χ3v) is 19.0. The van der Waals surface area contributed by atoms with Crippen molar-refractivity contribution in [1.29, 1.82) is 0 Å². The van der Waals surface area contributed by atoms with Crippen LogP contribution in [-0.4, -0.2) is 56.9 Å². The highest BCUT2D eigenvalue weighted by molar-refractivity contribution is 6.01. The minimum absolute atomic E-state index is 0.708. The lowest BCUT2D eigenvalue weighted by Crippen LogP contribution is -2.26. The molecule has 0 atom stereocenters. The summed E-state index contributed by atoms with van der Waals surface area (Å²) >= 11 is 0. The zero-order valence-electron chi connectivity index (χ0n) is 56.3. The smallest absolute Gasteiger partial charge is 0.126 e. The second-order valence-corrected chi connectivity index (χ2v) is 24.2. The van der Waals surface area contributed by atoms with E-state index in [1.165, 1.54) is 22.3 Å². The Morgan fingerprint density at radius 2 is 0.735 bits per heavy atom. The van der Waals surface area contributed by atoms with E-state index >= 15 is 0 Å². The molecule has 11 aromatic carbocycles. The van der Waals surface area contributed by atoms with Crippen molar-refractivity contribution in [3.05, 3.63) is 358 Å². The van der Waals surface area contributed by atoms with Crippen LogP contribution in [0.2, 0.25) is 0 Å². The molecule has 10 heteroatoms. The first kappa shape index (κ1) is 63.3. The molecule has 2 aliphatic carbocycles. The fourth-order valence-corrected chi connectivity index (χ4v) is 14.0. The molecule has 0 amide bonds. The van der Waals surface area contributed by atoms with Gasteiger partial charge in [0.25, 0.3) is 0 Å². The molecule has 0 fully saturated rings. The second-order valence-electron chi connectivity index (χ2n) is 24.2. The van der Waals surface area contributed by atoms with Gasteiger partial charge < -0.3 is 47.7 Å². The maximum atomic E-state index is 6.75. The molecule has 14 rings (SSSR count). The van der Waals surface area contributed by atoms with Crippen LogP contribution in [0, 0.1) is 0 Å². The minimum Gasteiger partial charge on any atom is -0.497 e. The Bertz CT molecular complexity index is 4660. The molecule has 2 bridgehead atoms. The van der Waals surface area contributed by atoms with Gasteiger partial charge in [0.2, 0.25) is 0 Å². The molecule has 10 nitrogen and oxygen atoms in total. The molecule has 0 saturated heterocycles. The highest BCUT2D eigenvalue weighted by atomic mass is 16.5. The van der Waals surface area contributed by atoms with Crippen molar-refractivity contribution < 1.29 is 37.9 Å². The summed E-state index contributed by atoms with van der Waals surface area (Å²) in [4.78, 5) is 4.59. The normalized spacial score (nSPS) is 14.4. The van der Waals surface area contributed by atoms with Gasteiger partial charge in [-0.3, -0.25) is 0 Å². The topological polar surface area (TPSA) is 80.3 Å². The molecular weight excluding hydrogens is 1210 g/mol. The van der Waals surface area contributed by atoms with E-state index in [1.807, 2.05) is 84.9 Å². The van der Waals surface area contributed by atoms with Crippen molar-refractivity contribution in [3.63, 3.8) is 0 Å². The Morgan fingerprint density at radius 3 is 1.13 bits per heavy atom. The molecular formula is C88H74N2O8.